The average Bonchev–Trinajstić information content (AvgIpc) is 2.63. The minimum Gasteiger partial charge on any atom is -0.378 e. The molecule has 1 aromatic carbocycles. The first-order valence-electron chi connectivity index (χ1n) is 9.27. The van der Waals surface area contributed by atoms with Gasteiger partial charge in [0.05, 0.1) is 18.9 Å². The largest absolute Gasteiger partial charge is 0.378 e. The van der Waals surface area contributed by atoms with Crippen LogP contribution in [0.25, 0.3) is 0 Å². The Hall–Kier alpha value is -1.66. The first-order chi connectivity index (χ1) is 12.1. The van der Waals surface area contributed by atoms with Gasteiger partial charge in [-0.3, -0.25) is 4.79 Å². The second-order valence-corrected chi connectivity index (χ2v) is 7.07. The van der Waals surface area contributed by atoms with Gasteiger partial charge in [-0.2, -0.15) is 0 Å². The van der Waals surface area contributed by atoms with E-state index in [0.29, 0.717) is 45.0 Å². The molecule has 25 heavy (non-hydrogen) atoms. The lowest BCUT2D eigenvalue weighted by atomic mass is 9.83. The van der Waals surface area contributed by atoms with Crippen LogP contribution < -0.4 is 16.0 Å². The van der Waals surface area contributed by atoms with Gasteiger partial charge in [0, 0.05) is 32.1 Å². The third-order valence-electron chi connectivity index (χ3n) is 5.27. The van der Waals surface area contributed by atoms with Crippen molar-refractivity contribution in [1.29, 1.82) is 0 Å². The number of morpholine rings is 1. The smallest absolute Gasteiger partial charge is 0.220 e. The number of carbonyl (C=O) groups excluding carboxylic acids is 1. The van der Waals surface area contributed by atoms with Gasteiger partial charge in [-0.1, -0.05) is 18.9 Å². The second-order valence-electron chi connectivity index (χ2n) is 7.07. The van der Waals surface area contributed by atoms with Crippen LogP contribution in [0.2, 0.25) is 0 Å². The molecule has 0 bridgehead atoms. The maximum atomic E-state index is 14.4. The van der Waals surface area contributed by atoms with Crippen molar-refractivity contribution in [3.63, 3.8) is 0 Å². The van der Waals surface area contributed by atoms with Crippen molar-refractivity contribution in [2.75, 3.05) is 31.2 Å². The fraction of sp³-hybridized carbons (Fsp3) is 0.632. The van der Waals surface area contributed by atoms with E-state index in [4.69, 9.17) is 10.5 Å². The van der Waals surface area contributed by atoms with Gasteiger partial charge in [-0.25, -0.2) is 4.39 Å². The second kappa shape index (κ2) is 8.63. The van der Waals surface area contributed by atoms with Crippen molar-refractivity contribution in [3.05, 3.63) is 29.6 Å². The lowest BCUT2D eigenvalue weighted by molar-refractivity contribution is -0.122. The number of nitrogens with two attached hydrogens (primary N) is 1. The summed E-state index contributed by atoms with van der Waals surface area (Å²) in [6, 6.07) is 5.31. The van der Waals surface area contributed by atoms with E-state index in [1.165, 1.54) is 6.07 Å². The predicted octanol–water partition coefficient (Wildman–Crippen LogP) is 2.19. The molecule has 3 N–H and O–H groups in total. The van der Waals surface area contributed by atoms with Gasteiger partial charge in [0.2, 0.25) is 5.91 Å². The molecule has 0 radical (unpaired) electrons. The van der Waals surface area contributed by atoms with Gasteiger partial charge in [0.25, 0.3) is 0 Å². The summed E-state index contributed by atoms with van der Waals surface area (Å²) in [6.07, 6.45) is 4.81. The van der Waals surface area contributed by atoms with Crippen molar-refractivity contribution < 1.29 is 13.9 Å². The van der Waals surface area contributed by atoms with E-state index in [2.05, 4.69) is 5.32 Å². The van der Waals surface area contributed by atoms with Gasteiger partial charge < -0.3 is 20.7 Å². The number of nitrogens with zero attached hydrogens (tertiary/aromatic N) is 1. The van der Waals surface area contributed by atoms with Crippen LogP contribution in [0.15, 0.2) is 18.2 Å². The summed E-state index contributed by atoms with van der Waals surface area (Å²) in [5.41, 5.74) is 7.48. The van der Waals surface area contributed by atoms with Gasteiger partial charge in [-0.15, -0.1) is 0 Å². The summed E-state index contributed by atoms with van der Waals surface area (Å²) < 4.78 is 19.7. The van der Waals surface area contributed by atoms with Crippen molar-refractivity contribution in [2.24, 2.45) is 11.7 Å². The zero-order valence-corrected chi connectivity index (χ0v) is 14.7. The maximum Gasteiger partial charge on any atom is 0.220 e. The molecule has 5 nitrogen and oxygen atoms in total. The van der Waals surface area contributed by atoms with Gasteiger partial charge >= 0.3 is 0 Å². The van der Waals surface area contributed by atoms with Crippen LogP contribution in [-0.2, 0) is 16.1 Å². The normalized spacial score (nSPS) is 24.2. The number of anilines is 1. The van der Waals surface area contributed by atoms with Crippen LogP contribution in [0.4, 0.5) is 10.1 Å². The molecule has 1 amide bonds. The number of amides is 1. The van der Waals surface area contributed by atoms with E-state index in [1.54, 1.807) is 6.07 Å². The Kier molecular flexibility index (Phi) is 6.26. The molecule has 1 aliphatic heterocycles. The molecule has 0 unspecified atom stereocenters. The van der Waals surface area contributed by atoms with Crippen LogP contribution in [0, 0.1) is 11.7 Å². The van der Waals surface area contributed by atoms with Crippen LogP contribution >= 0.6 is 0 Å². The molecule has 138 valence electrons. The molecule has 2 atom stereocenters. The van der Waals surface area contributed by atoms with E-state index < -0.39 is 0 Å². The van der Waals surface area contributed by atoms with Crippen LogP contribution in [0.3, 0.4) is 0 Å². The first kappa shape index (κ1) is 18.1. The van der Waals surface area contributed by atoms with E-state index in [-0.39, 0.29) is 23.7 Å². The van der Waals surface area contributed by atoms with Gasteiger partial charge in [0.1, 0.15) is 5.82 Å². The number of ether oxygens (including phenoxy) is 1. The Balaban J connectivity index is 1.50. The first-order valence-corrected chi connectivity index (χ1v) is 9.27. The molecule has 1 saturated heterocycles. The number of hydrogen-bond donors (Lipinski definition) is 2. The number of rotatable bonds is 5. The highest BCUT2D eigenvalue weighted by Gasteiger charge is 2.24. The summed E-state index contributed by atoms with van der Waals surface area (Å²) in [6.45, 7) is 3.01. The molecule has 0 spiro atoms. The fourth-order valence-electron chi connectivity index (χ4n) is 3.72. The molecule has 0 aromatic heterocycles. The molecular weight excluding hydrogens is 321 g/mol. The Bertz CT molecular complexity index is 590. The van der Waals surface area contributed by atoms with Crippen LogP contribution in [0.5, 0.6) is 0 Å². The SMILES string of the molecule is N[C@@H]1CCCC[C@@H]1CC(=O)NCc1ccc(N2CCOCC2)c(F)c1. The highest BCUT2D eigenvalue weighted by molar-refractivity contribution is 5.76. The molecule has 1 aliphatic carbocycles. The van der Waals surface area contributed by atoms with Crippen molar-refractivity contribution in [1.82, 2.24) is 5.32 Å². The minimum absolute atomic E-state index is 0.0000129. The highest BCUT2D eigenvalue weighted by atomic mass is 19.1. The quantitative estimate of drug-likeness (QED) is 0.855. The molecule has 2 aliphatic rings. The molecular formula is C19H28FN3O2. The summed E-state index contributed by atoms with van der Waals surface area (Å²) in [7, 11) is 0. The number of hydrogen-bond acceptors (Lipinski definition) is 4. The zero-order valence-electron chi connectivity index (χ0n) is 14.7. The molecule has 3 rings (SSSR count). The van der Waals surface area contributed by atoms with Crippen molar-refractivity contribution >= 4 is 11.6 Å². The van der Waals surface area contributed by atoms with E-state index in [9.17, 15) is 9.18 Å². The number of halogens is 1. The Morgan fingerprint density at radius 3 is 2.76 bits per heavy atom. The molecule has 1 saturated carbocycles. The molecule has 2 fully saturated rings. The standard InChI is InChI=1S/C19H28FN3O2/c20-16-11-14(5-6-18(16)23-7-9-25-10-8-23)13-22-19(24)12-15-3-1-2-4-17(15)21/h5-6,11,15,17H,1-4,7-10,12-13,21H2,(H,22,24)/t15-,17-/m1/s1. The molecule has 6 heteroatoms. The van der Waals surface area contributed by atoms with E-state index >= 15 is 0 Å². The van der Waals surface area contributed by atoms with Crippen LogP contribution in [0.1, 0.15) is 37.7 Å². The number of carbonyl (C=O) groups is 1. The van der Waals surface area contributed by atoms with E-state index in [0.717, 1.165) is 31.2 Å². The molecule has 1 heterocycles. The van der Waals surface area contributed by atoms with Gasteiger partial charge in [0.15, 0.2) is 0 Å². The monoisotopic (exact) mass is 349 g/mol. The number of nitrogens with one attached hydrogen (secondary N) is 1. The minimum atomic E-state index is -0.247. The zero-order chi connectivity index (χ0) is 17.6. The fourth-order valence-corrected chi connectivity index (χ4v) is 3.72. The lowest BCUT2D eigenvalue weighted by Crippen LogP contribution is -2.37. The third kappa shape index (κ3) is 4.92. The van der Waals surface area contributed by atoms with Crippen molar-refractivity contribution in [3.8, 4) is 0 Å². The summed E-state index contributed by atoms with van der Waals surface area (Å²) in [4.78, 5) is 14.1. The van der Waals surface area contributed by atoms with Crippen molar-refractivity contribution in [2.45, 2.75) is 44.7 Å². The Morgan fingerprint density at radius 1 is 1.28 bits per heavy atom. The molecule has 1 aromatic rings. The number of benzene rings is 1. The van der Waals surface area contributed by atoms with Gasteiger partial charge in [-0.05, 0) is 36.5 Å². The summed E-state index contributed by atoms with van der Waals surface area (Å²) in [5, 5.41) is 2.90. The van der Waals surface area contributed by atoms with Crippen LogP contribution in [-0.4, -0.2) is 38.3 Å². The topological polar surface area (TPSA) is 67.6 Å². The van der Waals surface area contributed by atoms with E-state index in [1.807, 2.05) is 11.0 Å². The summed E-state index contributed by atoms with van der Waals surface area (Å²) in [5.74, 6) is 0.0251. The third-order valence-corrected chi connectivity index (χ3v) is 5.27. The Labute approximate surface area is 148 Å². The maximum absolute atomic E-state index is 14.4. The predicted molar refractivity (Wildman–Crippen MR) is 95.8 cm³/mol. The Morgan fingerprint density at radius 2 is 2.04 bits per heavy atom. The lowest BCUT2D eigenvalue weighted by Gasteiger charge is -2.29. The average molecular weight is 349 g/mol. The highest BCUT2D eigenvalue weighted by Crippen LogP contribution is 2.25. The summed E-state index contributed by atoms with van der Waals surface area (Å²) >= 11 is 0.